The van der Waals surface area contributed by atoms with Gasteiger partial charge in [-0.25, -0.2) is 4.98 Å². The van der Waals surface area contributed by atoms with Crippen LogP contribution in [-0.4, -0.2) is 45.2 Å². The molecule has 0 bridgehead atoms. The first kappa shape index (κ1) is 23.2. The molecular weight excluding hydrogens is 421 g/mol. The molecule has 0 fully saturated rings. The van der Waals surface area contributed by atoms with Crippen LogP contribution in [0.25, 0.3) is 11.1 Å². The Kier molecular flexibility index (Phi) is 7.07. The second-order valence-corrected chi connectivity index (χ2v) is 7.27. The van der Waals surface area contributed by atoms with Crippen LogP contribution in [0.1, 0.15) is 35.5 Å². The molecule has 3 aromatic rings. The van der Waals surface area contributed by atoms with Gasteiger partial charge in [0.05, 0.1) is 23.5 Å². The van der Waals surface area contributed by atoms with E-state index >= 15 is 0 Å². The summed E-state index contributed by atoms with van der Waals surface area (Å²) in [4.78, 5) is 18.7. The van der Waals surface area contributed by atoms with Gasteiger partial charge >= 0.3 is 6.18 Å². The highest BCUT2D eigenvalue weighted by atomic mass is 19.4. The lowest BCUT2D eigenvalue weighted by atomic mass is 9.99. The molecule has 0 saturated carbocycles. The number of ether oxygens (including phenoxy) is 1. The zero-order valence-electron chi connectivity index (χ0n) is 17.9. The van der Waals surface area contributed by atoms with Crippen LogP contribution in [0.15, 0.2) is 54.9 Å². The molecule has 0 saturated heterocycles. The van der Waals surface area contributed by atoms with Gasteiger partial charge in [0.2, 0.25) is 5.88 Å². The summed E-state index contributed by atoms with van der Waals surface area (Å²) in [7, 11) is 0. The first-order valence-corrected chi connectivity index (χ1v) is 10.1. The van der Waals surface area contributed by atoms with Crippen molar-refractivity contribution in [1.29, 1.82) is 0 Å². The van der Waals surface area contributed by atoms with Crippen LogP contribution in [0.5, 0.6) is 5.88 Å². The molecule has 0 aliphatic carbocycles. The first-order valence-electron chi connectivity index (χ1n) is 10.1. The molecule has 1 atom stereocenters. The Bertz CT molecular complexity index is 1070. The molecule has 9 heteroatoms. The van der Waals surface area contributed by atoms with Crippen molar-refractivity contribution in [1.82, 2.24) is 20.1 Å². The highest BCUT2D eigenvalue weighted by Crippen LogP contribution is 2.29. The van der Waals surface area contributed by atoms with Gasteiger partial charge in [-0.3, -0.25) is 4.79 Å². The number of nitrogens with zero attached hydrogens (tertiary/aromatic N) is 4. The maximum atomic E-state index is 13.4. The van der Waals surface area contributed by atoms with Crippen LogP contribution < -0.4 is 4.74 Å². The summed E-state index contributed by atoms with van der Waals surface area (Å²) in [5.74, 6) is -0.124. The van der Waals surface area contributed by atoms with Gasteiger partial charge in [-0.05, 0) is 44.5 Å². The topological polar surface area (TPSA) is 68.2 Å². The van der Waals surface area contributed by atoms with E-state index < -0.39 is 11.7 Å². The molecule has 0 radical (unpaired) electrons. The quantitative estimate of drug-likeness (QED) is 0.524. The van der Waals surface area contributed by atoms with Gasteiger partial charge in [-0.2, -0.15) is 23.4 Å². The minimum absolute atomic E-state index is 0.0621. The van der Waals surface area contributed by atoms with E-state index in [0.717, 1.165) is 29.1 Å². The molecular formula is C23H23F3N4O2. The van der Waals surface area contributed by atoms with Crippen LogP contribution in [0.2, 0.25) is 0 Å². The van der Waals surface area contributed by atoms with Gasteiger partial charge in [0.25, 0.3) is 5.91 Å². The summed E-state index contributed by atoms with van der Waals surface area (Å²) in [5, 5.41) is 7.93. The maximum Gasteiger partial charge on any atom is 0.417 e. The lowest BCUT2D eigenvalue weighted by Crippen LogP contribution is -2.42. The van der Waals surface area contributed by atoms with Crippen molar-refractivity contribution in [3.05, 3.63) is 71.7 Å². The van der Waals surface area contributed by atoms with Gasteiger partial charge in [0, 0.05) is 29.9 Å². The van der Waals surface area contributed by atoms with Crippen molar-refractivity contribution in [2.75, 3.05) is 13.2 Å². The summed E-state index contributed by atoms with van der Waals surface area (Å²) in [6.07, 6.45) is -2.12. The number of likely N-dealkylation sites (N-methyl/N-ethyl adjacent to an activating group) is 1. The van der Waals surface area contributed by atoms with E-state index in [0.29, 0.717) is 12.1 Å². The zero-order valence-corrected chi connectivity index (χ0v) is 17.9. The van der Waals surface area contributed by atoms with Crippen LogP contribution in [0, 0.1) is 6.92 Å². The Morgan fingerprint density at radius 1 is 1.16 bits per heavy atom. The molecule has 0 unspecified atom stereocenters. The number of carbonyl (C=O) groups is 1. The van der Waals surface area contributed by atoms with Gasteiger partial charge in [-0.15, -0.1) is 0 Å². The van der Waals surface area contributed by atoms with Crippen LogP contribution >= 0.6 is 0 Å². The average Bonchev–Trinajstić information content (AvgIpc) is 2.78. The number of hydrogen-bond donors (Lipinski definition) is 0. The van der Waals surface area contributed by atoms with E-state index in [2.05, 4.69) is 15.2 Å². The standard InChI is InChI=1S/C23H23F3N4O2/c1-4-30(16(3)14-32-21-10-9-18(13-27-21)23(24,25)26)22(31)20-8-6-5-7-19(20)17-11-15(2)29-28-12-17/h5-13,16H,4,14H2,1-3H3/t16-/m0/s1. The largest absolute Gasteiger partial charge is 0.475 e. The molecule has 0 aliphatic heterocycles. The number of pyridine rings is 1. The number of halogens is 3. The Morgan fingerprint density at radius 3 is 2.53 bits per heavy atom. The van der Waals surface area contributed by atoms with Crippen molar-refractivity contribution in [2.45, 2.75) is 33.0 Å². The SMILES string of the molecule is CCN(C(=O)c1ccccc1-c1cnnc(C)c1)[C@@H](C)COc1ccc(C(F)(F)F)cn1. The van der Waals surface area contributed by atoms with Crippen LogP contribution in [0.4, 0.5) is 13.2 Å². The van der Waals surface area contributed by atoms with E-state index in [1.165, 1.54) is 6.07 Å². The Morgan fingerprint density at radius 2 is 1.91 bits per heavy atom. The number of hydrogen-bond acceptors (Lipinski definition) is 5. The second-order valence-electron chi connectivity index (χ2n) is 7.27. The predicted molar refractivity (Wildman–Crippen MR) is 113 cm³/mol. The maximum absolute atomic E-state index is 13.4. The Balaban J connectivity index is 1.75. The minimum atomic E-state index is -4.46. The van der Waals surface area contributed by atoms with E-state index in [9.17, 15) is 18.0 Å². The smallest absolute Gasteiger partial charge is 0.417 e. The highest BCUT2D eigenvalue weighted by Gasteiger charge is 2.31. The van der Waals surface area contributed by atoms with E-state index in [4.69, 9.17) is 4.74 Å². The van der Waals surface area contributed by atoms with Gasteiger partial charge < -0.3 is 9.64 Å². The normalized spacial score (nSPS) is 12.3. The van der Waals surface area contributed by atoms with Crippen molar-refractivity contribution in [3.63, 3.8) is 0 Å². The van der Waals surface area contributed by atoms with Crippen LogP contribution in [-0.2, 0) is 6.18 Å². The number of benzene rings is 1. The fraction of sp³-hybridized carbons (Fsp3) is 0.304. The highest BCUT2D eigenvalue weighted by molar-refractivity contribution is 6.01. The molecule has 6 nitrogen and oxygen atoms in total. The summed E-state index contributed by atoms with van der Waals surface area (Å²) in [5.41, 5.74) is 1.94. The number of aryl methyl sites for hydroxylation is 1. The molecule has 0 aliphatic rings. The van der Waals surface area contributed by atoms with Gasteiger partial charge in [0.15, 0.2) is 0 Å². The number of aromatic nitrogens is 3. The minimum Gasteiger partial charge on any atom is -0.475 e. The van der Waals surface area contributed by atoms with Crippen molar-refractivity contribution < 1.29 is 22.7 Å². The lowest BCUT2D eigenvalue weighted by Gasteiger charge is -2.28. The fourth-order valence-electron chi connectivity index (χ4n) is 3.28. The fourth-order valence-corrected chi connectivity index (χ4v) is 3.28. The molecule has 32 heavy (non-hydrogen) atoms. The molecule has 0 spiro atoms. The summed E-state index contributed by atoms with van der Waals surface area (Å²) < 4.78 is 43.6. The molecule has 1 aromatic carbocycles. The average molecular weight is 444 g/mol. The third kappa shape index (κ3) is 5.40. The van der Waals surface area contributed by atoms with Gasteiger partial charge in [0.1, 0.15) is 6.61 Å². The summed E-state index contributed by atoms with van der Waals surface area (Å²) in [6, 6.07) is 10.8. The van der Waals surface area contributed by atoms with E-state index in [1.54, 1.807) is 23.2 Å². The number of alkyl halides is 3. The molecule has 1 amide bonds. The number of carbonyl (C=O) groups excluding carboxylic acids is 1. The first-order chi connectivity index (χ1) is 15.2. The van der Waals surface area contributed by atoms with E-state index in [-0.39, 0.29) is 24.4 Å². The number of amides is 1. The Hall–Kier alpha value is -3.49. The Labute approximate surface area is 184 Å². The molecule has 2 aromatic heterocycles. The van der Waals surface area contributed by atoms with Crippen molar-refractivity contribution >= 4 is 5.91 Å². The summed E-state index contributed by atoms with van der Waals surface area (Å²) >= 11 is 0. The van der Waals surface area contributed by atoms with Gasteiger partial charge in [-0.1, -0.05) is 18.2 Å². The summed E-state index contributed by atoms with van der Waals surface area (Å²) in [6.45, 7) is 5.99. The monoisotopic (exact) mass is 444 g/mol. The third-order valence-corrected chi connectivity index (χ3v) is 4.91. The lowest BCUT2D eigenvalue weighted by molar-refractivity contribution is -0.137. The molecule has 0 N–H and O–H groups in total. The molecule has 168 valence electrons. The third-order valence-electron chi connectivity index (χ3n) is 4.91. The van der Waals surface area contributed by atoms with E-state index in [1.807, 2.05) is 39.0 Å². The van der Waals surface area contributed by atoms with Crippen molar-refractivity contribution in [2.24, 2.45) is 0 Å². The number of rotatable bonds is 7. The predicted octanol–water partition coefficient (Wildman–Crippen LogP) is 4.80. The van der Waals surface area contributed by atoms with Crippen LogP contribution in [0.3, 0.4) is 0 Å². The second kappa shape index (κ2) is 9.76. The molecule has 2 heterocycles. The van der Waals surface area contributed by atoms with Crippen molar-refractivity contribution in [3.8, 4) is 17.0 Å². The zero-order chi connectivity index (χ0) is 23.3. The molecule has 3 rings (SSSR count).